The van der Waals surface area contributed by atoms with Crippen LogP contribution in [0.25, 0.3) is 0 Å². The lowest BCUT2D eigenvalue weighted by Crippen LogP contribution is -2.14. The zero-order valence-corrected chi connectivity index (χ0v) is 19.3. The number of carboxylic acids is 2. The Balaban J connectivity index is 1.70. The fourth-order valence-corrected chi connectivity index (χ4v) is 5.31. The fourth-order valence-electron chi connectivity index (χ4n) is 3.56. The maximum Gasteiger partial charge on any atom is 0.336 e. The van der Waals surface area contributed by atoms with E-state index in [0.29, 0.717) is 12.0 Å². The molecule has 0 aromatic heterocycles. The van der Waals surface area contributed by atoms with E-state index in [1.165, 1.54) is 15.9 Å². The number of benzene rings is 3. The third-order valence-corrected chi connectivity index (χ3v) is 7.24. The molecule has 0 bridgehead atoms. The molecular formula is C26H26O4S2. The maximum absolute atomic E-state index is 12.0. The predicted molar refractivity (Wildman–Crippen MR) is 131 cm³/mol. The Kier molecular flexibility index (Phi) is 9.26. The van der Waals surface area contributed by atoms with E-state index in [9.17, 15) is 19.8 Å². The van der Waals surface area contributed by atoms with Crippen LogP contribution in [0.4, 0.5) is 0 Å². The molecule has 2 N–H and O–H groups in total. The van der Waals surface area contributed by atoms with Crippen LogP contribution in [0.15, 0.2) is 82.6 Å². The Bertz CT molecular complexity index is 1040. The zero-order chi connectivity index (χ0) is 22.8. The summed E-state index contributed by atoms with van der Waals surface area (Å²) in [6.45, 7) is 0. The minimum absolute atomic E-state index is 0.0598. The molecule has 32 heavy (non-hydrogen) atoms. The first-order chi connectivity index (χ1) is 15.6. The van der Waals surface area contributed by atoms with Crippen molar-refractivity contribution in [3.63, 3.8) is 0 Å². The summed E-state index contributed by atoms with van der Waals surface area (Å²) in [5, 5.41) is 19.3. The highest BCUT2D eigenvalue weighted by molar-refractivity contribution is 7.99. The number of hydrogen-bond donors (Lipinski definition) is 2. The SMILES string of the molecule is O=C(O)c1ccc(CCCSc2ccccc2)c(CCCSc2ccccc2)c1C(=O)O. The van der Waals surface area contributed by atoms with Gasteiger partial charge in [0.2, 0.25) is 0 Å². The maximum atomic E-state index is 12.0. The number of aromatic carboxylic acids is 2. The lowest BCUT2D eigenvalue weighted by Gasteiger charge is -2.15. The highest BCUT2D eigenvalue weighted by Gasteiger charge is 2.22. The third-order valence-electron chi connectivity index (χ3n) is 5.04. The van der Waals surface area contributed by atoms with Crippen molar-refractivity contribution < 1.29 is 19.8 Å². The average molecular weight is 467 g/mol. The summed E-state index contributed by atoms with van der Waals surface area (Å²) >= 11 is 3.49. The van der Waals surface area contributed by atoms with Gasteiger partial charge in [-0.15, -0.1) is 23.5 Å². The normalized spacial score (nSPS) is 10.8. The minimum Gasteiger partial charge on any atom is -0.478 e. The van der Waals surface area contributed by atoms with Gasteiger partial charge in [0, 0.05) is 9.79 Å². The molecule has 3 aromatic carbocycles. The van der Waals surface area contributed by atoms with Crippen LogP contribution in [0.5, 0.6) is 0 Å². The molecule has 0 aliphatic heterocycles. The van der Waals surface area contributed by atoms with Gasteiger partial charge in [-0.3, -0.25) is 0 Å². The molecule has 0 radical (unpaired) electrons. The van der Waals surface area contributed by atoms with Crippen molar-refractivity contribution in [2.45, 2.75) is 35.5 Å². The van der Waals surface area contributed by atoms with Gasteiger partial charge >= 0.3 is 11.9 Å². The number of carbonyl (C=O) groups is 2. The molecule has 3 rings (SSSR count). The number of rotatable bonds is 12. The van der Waals surface area contributed by atoms with Gasteiger partial charge in [0.05, 0.1) is 11.1 Å². The van der Waals surface area contributed by atoms with Crippen molar-refractivity contribution in [1.82, 2.24) is 0 Å². The van der Waals surface area contributed by atoms with Gasteiger partial charge in [0.25, 0.3) is 0 Å². The number of aryl methyl sites for hydroxylation is 1. The van der Waals surface area contributed by atoms with Crippen molar-refractivity contribution >= 4 is 35.5 Å². The predicted octanol–water partition coefficient (Wildman–Crippen LogP) is 6.53. The second-order valence-electron chi connectivity index (χ2n) is 7.27. The fraction of sp³-hybridized carbons (Fsp3) is 0.231. The van der Waals surface area contributed by atoms with Gasteiger partial charge < -0.3 is 10.2 Å². The lowest BCUT2D eigenvalue weighted by atomic mass is 9.91. The number of carboxylic acid groups (broad SMARTS) is 2. The first-order valence-corrected chi connectivity index (χ1v) is 12.5. The van der Waals surface area contributed by atoms with Gasteiger partial charge in [-0.05, 0) is 78.6 Å². The van der Waals surface area contributed by atoms with E-state index in [-0.39, 0.29) is 11.1 Å². The second-order valence-corrected chi connectivity index (χ2v) is 9.60. The molecule has 166 valence electrons. The van der Waals surface area contributed by atoms with Gasteiger partial charge in [0.1, 0.15) is 0 Å². The molecule has 0 unspecified atom stereocenters. The van der Waals surface area contributed by atoms with Gasteiger partial charge in [-0.25, -0.2) is 9.59 Å². The summed E-state index contributed by atoms with van der Waals surface area (Å²) in [5.74, 6) is -0.623. The number of hydrogen-bond acceptors (Lipinski definition) is 4. The van der Waals surface area contributed by atoms with E-state index in [0.717, 1.165) is 36.3 Å². The van der Waals surface area contributed by atoms with Crippen LogP contribution in [-0.2, 0) is 12.8 Å². The van der Waals surface area contributed by atoms with Crippen LogP contribution in [0, 0.1) is 0 Å². The van der Waals surface area contributed by atoms with Crippen molar-refractivity contribution in [1.29, 1.82) is 0 Å². The summed E-state index contributed by atoms with van der Waals surface area (Å²) < 4.78 is 0. The standard InChI is InChI=1S/C26H26O4S2/c27-25(28)23-16-15-19(9-7-17-31-20-10-3-1-4-11-20)22(24(23)26(29)30)14-8-18-32-21-12-5-2-6-13-21/h1-6,10-13,15-16H,7-9,14,17-18H2,(H,27,28)(H,29,30). The summed E-state index contributed by atoms with van der Waals surface area (Å²) in [5.41, 5.74) is 1.41. The Hall–Kier alpha value is -2.70. The van der Waals surface area contributed by atoms with Gasteiger partial charge in [-0.1, -0.05) is 42.5 Å². The molecule has 0 fully saturated rings. The molecule has 0 saturated heterocycles. The Labute approximate surface area is 197 Å². The molecule has 0 amide bonds. The lowest BCUT2D eigenvalue weighted by molar-refractivity contribution is 0.0650. The second kappa shape index (κ2) is 12.4. The third kappa shape index (κ3) is 6.90. The van der Waals surface area contributed by atoms with Crippen LogP contribution in [0.3, 0.4) is 0 Å². The van der Waals surface area contributed by atoms with E-state index in [2.05, 4.69) is 12.1 Å². The molecule has 0 spiro atoms. The summed E-state index contributed by atoms with van der Waals surface area (Å²) in [6.07, 6.45) is 2.93. The molecule has 4 nitrogen and oxygen atoms in total. The Morgan fingerprint density at radius 1 is 0.656 bits per heavy atom. The first-order valence-electron chi connectivity index (χ1n) is 10.5. The van der Waals surface area contributed by atoms with E-state index >= 15 is 0 Å². The average Bonchev–Trinajstić information content (AvgIpc) is 2.80. The molecule has 0 atom stereocenters. The van der Waals surface area contributed by atoms with Crippen molar-refractivity contribution in [2.75, 3.05) is 11.5 Å². The summed E-state index contributed by atoms with van der Waals surface area (Å²) in [7, 11) is 0. The Morgan fingerprint density at radius 3 is 1.69 bits per heavy atom. The van der Waals surface area contributed by atoms with E-state index < -0.39 is 11.9 Å². The van der Waals surface area contributed by atoms with Crippen LogP contribution >= 0.6 is 23.5 Å². The zero-order valence-electron chi connectivity index (χ0n) is 17.7. The highest BCUT2D eigenvalue weighted by Crippen LogP contribution is 2.26. The Morgan fingerprint density at radius 2 is 1.19 bits per heavy atom. The monoisotopic (exact) mass is 466 g/mol. The highest BCUT2D eigenvalue weighted by atomic mass is 32.2. The van der Waals surface area contributed by atoms with Crippen molar-refractivity contribution in [3.8, 4) is 0 Å². The first kappa shape index (κ1) is 24.0. The van der Waals surface area contributed by atoms with Gasteiger partial charge in [0.15, 0.2) is 0 Å². The van der Waals surface area contributed by atoms with Crippen LogP contribution < -0.4 is 0 Å². The van der Waals surface area contributed by atoms with Crippen LogP contribution in [0.1, 0.15) is 44.7 Å². The largest absolute Gasteiger partial charge is 0.478 e. The smallest absolute Gasteiger partial charge is 0.336 e. The van der Waals surface area contributed by atoms with Gasteiger partial charge in [-0.2, -0.15) is 0 Å². The molecule has 0 aliphatic carbocycles. The minimum atomic E-state index is -1.20. The van der Waals surface area contributed by atoms with Crippen molar-refractivity contribution in [2.24, 2.45) is 0 Å². The molecule has 0 aliphatic rings. The molecule has 0 saturated carbocycles. The summed E-state index contributed by atoms with van der Waals surface area (Å²) in [6, 6.07) is 23.5. The molecule has 6 heteroatoms. The molecule has 0 heterocycles. The van der Waals surface area contributed by atoms with Crippen LogP contribution in [-0.4, -0.2) is 33.7 Å². The summed E-state index contributed by atoms with van der Waals surface area (Å²) in [4.78, 5) is 26.0. The van der Waals surface area contributed by atoms with Crippen LogP contribution in [0.2, 0.25) is 0 Å². The van der Waals surface area contributed by atoms with Crippen molar-refractivity contribution in [3.05, 3.63) is 95.1 Å². The quantitative estimate of drug-likeness (QED) is 0.233. The molecular weight excluding hydrogens is 440 g/mol. The van der Waals surface area contributed by atoms with E-state index in [4.69, 9.17) is 0 Å². The molecule has 3 aromatic rings. The van der Waals surface area contributed by atoms with E-state index in [1.807, 2.05) is 48.5 Å². The topological polar surface area (TPSA) is 74.6 Å². The number of thioether (sulfide) groups is 2. The van der Waals surface area contributed by atoms with E-state index in [1.54, 1.807) is 29.6 Å².